The van der Waals surface area contributed by atoms with Gasteiger partial charge < -0.3 is 16.0 Å². The number of fused-ring (bicyclic) bond motifs is 1. The fourth-order valence-electron chi connectivity index (χ4n) is 3.86. The van der Waals surface area contributed by atoms with Gasteiger partial charge in [0.1, 0.15) is 0 Å². The standard InChI is InChI=1S/C25H35N5O/c1-4-26-25(27-15-14-19(2)30(3)18-20-10-6-5-7-11-20)28-17-21-16-24(31)29-23-13-9-8-12-22(21)23/h5-13,19,21H,4,14-18H2,1-3H3,(H,29,31)(H2,26,27,28). The summed E-state index contributed by atoms with van der Waals surface area (Å²) in [5.74, 6) is 0.979. The maximum atomic E-state index is 12.1. The average Bonchev–Trinajstić information content (AvgIpc) is 2.77. The molecule has 31 heavy (non-hydrogen) atoms. The third-order valence-corrected chi connectivity index (χ3v) is 5.80. The molecule has 166 valence electrons. The van der Waals surface area contributed by atoms with Crippen molar-refractivity contribution in [2.45, 2.75) is 45.2 Å². The van der Waals surface area contributed by atoms with E-state index in [9.17, 15) is 4.79 Å². The Hall–Kier alpha value is -2.86. The van der Waals surface area contributed by atoms with E-state index in [2.05, 4.69) is 78.1 Å². The highest BCUT2D eigenvalue weighted by atomic mass is 16.1. The summed E-state index contributed by atoms with van der Waals surface area (Å²) in [6.45, 7) is 7.50. The van der Waals surface area contributed by atoms with Crippen molar-refractivity contribution < 1.29 is 4.79 Å². The Labute approximate surface area is 186 Å². The van der Waals surface area contributed by atoms with Gasteiger partial charge in [0.15, 0.2) is 5.96 Å². The number of amides is 1. The molecule has 3 rings (SSSR count). The molecule has 1 heterocycles. The Kier molecular flexibility index (Phi) is 8.47. The fourth-order valence-corrected chi connectivity index (χ4v) is 3.86. The minimum Gasteiger partial charge on any atom is -0.357 e. The van der Waals surface area contributed by atoms with Crippen LogP contribution in [0.3, 0.4) is 0 Å². The predicted octanol–water partition coefficient (Wildman–Crippen LogP) is 3.58. The summed E-state index contributed by atoms with van der Waals surface area (Å²) in [5.41, 5.74) is 3.40. The van der Waals surface area contributed by atoms with Gasteiger partial charge in [0.25, 0.3) is 0 Å². The van der Waals surface area contributed by atoms with E-state index in [0.29, 0.717) is 19.0 Å². The number of benzene rings is 2. The number of hydrogen-bond donors (Lipinski definition) is 3. The lowest BCUT2D eigenvalue weighted by Gasteiger charge is -2.26. The molecule has 1 amide bonds. The van der Waals surface area contributed by atoms with Gasteiger partial charge in [-0.05, 0) is 44.5 Å². The van der Waals surface area contributed by atoms with Gasteiger partial charge in [0, 0.05) is 43.7 Å². The van der Waals surface area contributed by atoms with Gasteiger partial charge >= 0.3 is 0 Å². The monoisotopic (exact) mass is 421 g/mol. The summed E-state index contributed by atoms with van der Waals surface area (Å²) in [5, 5.41) is 9.74. The number of guanidine groups is 1. The molecule has 1 aliphatic heterocycles. The second-order valence-electron chi connectivity index (χ2n) is 8.22. The Morgan fingerprint density at radius 1 is 1.16 bits per heavy atom. The molecule has 2 unspecified atom stereocenters. The zero-order chi connectivity index (χ0) is 22.1. The topological polar surface area (TPSA) is 68.8 Å². The Balaban J connectivity index is 1.51. The van der Waals surface area contributed by atoms with Crippen molar-refractivity contribution in [1.82, 2.24) is 15.5 Å². The largest absolute Gasteiger partial charge is 0.357 e. The molecule has 6 heteroatoms. The minimum absolute atomic E-state index is 0.0622. The van der Waals surface area contributed by atoms with Crippen LogP contribution in [0, 0.1) is 0 Å². The van der Waals surface area contributed by atoms with Crippen LogP contribution >= 0.6 is 0 Å². The lowest BCUT2D eigenvalue weighted by Crippen LogP contribution is -2.40. The van der Waals surface area contributed by atoms with E-state index in [1.165, 1.54) is 5.56 Å². The smallest absolute Gasteiger partial charge is 0.225 e. The molecule has 0 saturated heterocycles. The van der Waals surface area contributed by atoms with Crippen molar-refractivity contribution in [3.05, 3.63) is 65.7 Å². The van der Waals surface area contributed by atoms with Crippen LogP contribution in [0.4, 0.5) is 5.69 Å². The van der Waals surface area contributed by atoms with Crippen LogP contribution < -0.4 is 16.0 Å². The summed E-state index contributed by atoms with van der Waals surface area (Å²) >= 11 is 0. The van der Waals surface area contributed by atoms with E-state index < -0.39 is 0 Å². The molecule has 2 aromatic rings. The predicted molar refractivity (Wildman–Crippen MR) is 128 cm³/mol. The normalized spacial score (nSPS) is 17.1. The quantitative estimate of drug-likeness (QED) is 0.428. The van der Waals surface area contributed by atoms with E-state index in [1.807, 2.05) is 18.2 Å². The van der Waals surface area contributed by atoms with Gasteiger partial charge in [-0.2, -0.15) is 0 Å². The van der Waals surface area contributed by atoms with Crippen molar-refractivity contribution in [2.75, 3.05) is 32.0 Å². The molecule has 0 spiro atoms. The highest BCUT2D eigenvalue weighted by Crippen LogP contribution is 2.31. The molecule has 0 aromatic heterocycles. The maximum Gasteiger partial charge on any atom is 0.225 e. The van der Waals surface area contributed by atoms with Crippen LogP contribution in [0.15, 0.2) is 59.6 Å². The molecule has 0 bridgehead atoms. The van der Waals surface area contributed by atoms with E-state index in [4.69, 9.17) is 4.99 Å². The molecular weight excluding hydrogens is 386 g/mol. The van der Waals surface area contributed by atoms with Crippen LogP contribution in [0.1, 0.15) is 43.7 Å². The average molecular weight is 422 g/mol. The third kappa shape index (κ3) is 6.82. The first kappa shape index (κ1) is 22.8. The first-order valence-corrected chi connectivity index (χ1v) is 11.2. The number of aliphatic imine (C=N–C) groups is 1. The summed E-state index contributed by atoms with van der Waals surface area (Å²) in [4.78, 5) is 19.2. The van der Waals surface area contributed by atoms with Crippen LogP contribution in [-0.2, 0) is 11.3 Å². The van der Waals surface area contributed by atoms with E-state index in [0.717, 1.165) is 43.3 Å². The SMILES string of the molecule is CCNC(=NCC1CC(=O)Nc2ccccc21)NCCC(C)N(C)Cc1ccccc1. The molecule has 2 atom stereocenters. The number of anilines is 1. The minimum atomic E-state index is 0.0622. The molecule has 6 nitrogen and oxygen atoms in total. The van der Waals surface area contributed by atoms with Crippen molar-refractivity contribution in [1.29, 1.82) is 0 Å². The molecule has 0 aliphatic carbocycles. The van der Waals surface area contributed by atoms with Gasteiger partial charge in [-0.1, -0.05) is 48.5 Å². The summed E-state index contributed by atoms with van der Waals surface area (Å²) in [7, 11) is 2.17. The third-order valence-electron chi connectivity index (χ3n) is 5.80. The maximum absolute atomic E-state index is 12.1. The Morgan fingerprint density at radius 3 is 2.68 bits per heavy atom. The lowest BCUT2D eigenvalue weighted by atomic mass is 9.91. The summed E-state index contributed by atoms with van der Waals surface area (Å²) < 4.78 is 0. The number of hydrogen-bond acceptors (Lipinski definition) is 3. The molecule has 3 N–H and O–H groups in total. The summed E-state index contributed by atoms with van der Waals surface area (Å²) in [6, 6.07) is 19.0. The summed E-state index contributed by atoms with van der Waals surface area (Å²) in [6.07, 6.45) is 1.49. The molecule has 0 fully saturated rings. The molecule has 0 radical (unpaired) electrons. The van der Waals surface area contributed by atoms with Gasteiger partial charge in [0.2, 0.25) is 5.91 Å². The van der Waals surface area contributed by atoms with Gasteiger partial charge in [-0.3, -0.25) is 14.7 Å². The molecular formula is C25H35N5O. The van der Waals surface area contributed by atoms with Gasteiger partial charge in [-0.25, -0.2) is 0 Å². The number of carbonyl (C=O) groups excluding carboxylic acids is 1. The first-order valence-electron chi connectivity index (χ1n) is 11.2. The number of nitrogens with zero attached hydrogens (tertiary/aromatic N) is 2. The molecule has 2 aromatic carbocycles. The van der Waals surface area contributed by atoms with Crippen LogP contribution in [0.5, 0.6) is 0 Å². The van der Waals surface area contributed by atoms with E-state index in [-0.39, 0.29) is 11.8 Å². The van der Waals surface area contributed by atoms with Crippen molar-refractivity contribution in [2.24, 2.45) is 4.99 Å². The highest BCUT2D eigenvalue weighted by Gasteiger charge is 2.24. The Bertz CT molecular complexity index is 867. The lowest BCUT2D eigenvalue weighted by molar-refractivity contribution is -0.116. The molecule has 1 aliphatic rings. The van der Waals surface area contributed by atoms with E-state index in [1.54, 1.807) is 0 Å². The Morgan fingerprint density at radius 2 is 1.90 bits per heavy atom. The fraction of sp³-hybridized carbons (Fsp3) is 0.440. The van der Waals surface area contributed by atoms with Gasteiger partial charge in [-0.15, -0.1) is 0 Å². The zero-order valence-electron chi connectivity index (χ0n) is 18.9. The van der Waals surface area contributed by atoms with Crippen molar-refractivity contribution in [3.8, 4) is 0 Å². The number of para-hydroxylation sites is 1. The van der Waals surface area contributed by atoms with Crippen LogP contribution in [0.25, 0.3) is 0 Å². The van der Waals surface area contributed by atoms with E-state index >= 15 is 0 Å². The van der Waals surface area contributed by atoms with Crippen molar-refractivity contribution >= 4 is 17.6 Å². The number of nitrogens with one attached hydrogen (secondary N) is 3. The van der Waals surface area contributed by atoms with Gasteiger partial charge in [0.05, 0.1) is 6.54 Å². The van der Waals surface area contributed by atoms with Crippen molar-refractivity contribution in [3.63, 3.8) is 0 Å². The number of rotatable bonds is 9. The molecule has 0 saturated carbocycles. The number of carbonyl (C=O) groups is 1. The second kappa shape index (κ2) is 11.5. The zero-order valence-corrected chi connectivity index (χ0v) is 18.9. The van der Waals surface area contributed by atoms with Crippen LogP contribution in [-0.4, -0.2) is 49.5 Å². The first-order chi connectivity index (χ1) is 15.1. The second-order valence-corrected chi connectivity index (χ2v) is 8.22. The van der Waals surface area contributed by atoms with Crippen LogP contribution in [0.2, 0.25) is 0 Å². The highest BCUT2D eigenvalue weighted by molar-refractivity contribution is 5.94.